The fourth-order valence-electron chi connectivity index (χ4n) is 3.19. The molecule has 1 aromatic rings. The minimum absolute atomic E-state index is 0.0799. The van der Waals surface area contributed by atoms with E-state index in [4.69, 9.17) is 20.1 Å². The van der Waals surface area contributed by atoms with Crippen molar-refractivity contribution in [2.75, 3.05) is 27.4 Å². The van der Waals surface area contributed by atoms with Crippen molar-refractivity contribution < 1.29 is 14.2 Å². The molecule has 5 nitrogen and oxygen atoms in total. The molecule has 5 heteroatoms. The second kappa shape index (κ2) is 7.75. The van der Waals surface area contributed by atoms with Crippen LogP contribution in [-0.2, 0) is 9.47 Å². The average molecular weight is 294 g/mol. The summed E-state index contributed by atoms with van der Waals surface area (Å²) in [5, 5.41) is 0. The molecule has 1 aliphatic carbocycles. The van der Waals surface area contributed by atoms with Gasteiger partial charge in [0, 0.05) is 19.8 Å². The van der Waals surface area contributed by atoms with Crippen LogP contribution < -0.4 is 16.0 Å². The van der Waals surface area contributed by atoms with Crippen LogP contribution >= 0.6 is 0 Å². The summed E-state index contributed by atoms with van der Waals surface area (Å²) in [6, 6.07) is 7.90. The van der Waals surface area contributed by atoms with Gasteiger partial charge in [0.05, 0.1) is 18.2 Å². The highest BCUT2D eigenvalue weighted by molar-refractivity contribution is 5.38. The number of nitrogens with one attached hydrogen (secondary N) is 1. The summed E-state index contributed by atoms with van der Waals surface area (Å²) in [6.07, 6.45) is 4.34. The maximum absolute atomic E-state index is 5.86. The number of hydrogen-bond acceptors (Lipinski definition) is 5. The largest absolute Gasteiger partial charge is 0.491 e. The summed E-state index contributed by atoms with van der Waals surface area (Å²) in [6.45, 7) is 1.08. The molecule has 118 valence electrons. The number of ether oxygens (including phenoxy) is 3. The van der Waals surface area contributed by atoms with E-state index in [0.717, 1.165) is 24.2 Å². The average Bonchev–Trinajstić information content (AvgIpc) is 3.00. The van der Waals surface area contributed by atoms with Crippen molar-refractivity contribution >= 4 is 0 Å². The molecule has 0 amide bonds. The van der Waals surface area contributed by atoms with Crippen LogP contribution in [0.2, 0.25) is 0 Å². The summed E-state index contributed by atoms with van der Waals surface area (Å²) in [4.78, 5) is 0. The molecule has 0 heterocycles. The Labute approximate surface area is 126 Å². The van der Waals surface area contributed by atoms with E-state index in [1.807, 2.05) is 24.3 Å². The van der Waals surface area contributed by atoms with E-state index in [1.165, 1.54) is 12.8 Å². The Morgan fingerprint density at radius 2 is 1.90 bits per heavy atom. The van der Waals surface area contributed by atoms with E-state index in [-0.39, 0.29) is 11.6 Å². The molecule has 1 aliphatic rings. The number of hydrogen-bond donors (Lipinski definition) is 2. The highest BCUT2D eigenvalue weighted by atomic mass is 16.5. The molecule has 0 aliphatic heterocycles. The van der Waals surface area contributed by atoms with Crippen molar-refractivity contribution in [2.24, 2.45) is 5.84 Å². The number of nitrogens with two attached hydrogens (primary N) is 1. The van der Waals surface area contributed by atoms with Gasteiger partial charge < -0.3 is 14.2 Å². The zero-order valence-electron chi connectivity index (χ0n) is 12.9. The topological polar surface area (TPSA) is 65.7 Å². The summed E-state index contributed by atoms with van der Waals surface area (Å²) >= 11 is 0. The number of para-hydroxylation sites is 1. The predicted molar refractivity (Wildman–Crippen MR) is 82.1 cm³/mol. The lowest BCUT2D eigenvalue weighted by Crippen LogP contribution is -2.46. The number of rotatable bonds is 8. The van der Waals surface area contributed by atoms with Gasteiger partial charge in [-0.15, -0.1) is 0 Å². The minimum Gasteiger partial charge on any atom is -0.491 e. The van der Waals surface area contributed by atoms with Gasteiger partial charge in [-0.25, -0.2) is 5.43 Å². The van der Waals surface area contributed by atoms with E-state index in [2.05, 4.69) is 5.43 Å². The zero-order chi connectivity index (χ0) is 15.1. The fourth-order valence-corrected chi connectivity index (χ4v) is 3.19. The molecule has 21 heavy (non-hydrogen) atoms. The Hall–Kier alpha value is -1.14. The Balaban J connectivity index is 2.25. The molecule has 0 saturated heterocycles. The van der Waals surface area contributed by atoms with Gasteiger partial charge in [-0.1, -0.05) is 31.0 Å². The molecule has 0 radical (unpaired) electrons. The van der Waals surface area contributed by atoms with Gasteiger partial charge in [-0.3, -0.25) is 5.84 Å². The molecule has 0 aromatic heterocycles. The van der Waals surface area contributed by atoms with Crippen molar-refractivity contribution in [1.82, 2.24) is 5.43 Å². The van der Waals surface area contributed by atoms with Gasteiger partial charge in [-0.2, -0.15) is 0 Å². The first-order valence-electron chi connectivity index (χ1n) is 7.49. The number of hydrazine groups is 1. The lowest BCUT2D eigenvalue weighted by Gasteiger charge is -2.36. The van der Waals surface area contributed by atoms with Crippen LogP contribution in [0, 0.1) is 0 Å². The summed E-state index contributed by atoms with van der Waals surface area (Å²) in [5.74, 6) is 6.69. The molecule has 1 saturated carbocycles. The van der Waals surface area contributed by atoms with Gasteiger partial charge in [0.15, 0.2) is 0 Å². The highest BCUT2D eigenvalue weighted by Crippen LogP contribution is 2.44. The lowest BCUT2D eigenvalue weighted by atomic mass is 9.86. The van der Waals surface area contributed by atoms with Crippen molar-refractivity contribution in [3.63, 3.8) is 0 Å². The second-order valence-corrected chi connectivity index (χ2v) is 5.45. The second-order valence-electron chi connectivity index (χ2n) is 5.45. The van der Waals surface area contributed by atoms with E-state index in [1.54, 1.807) is 14.2 Å². The van der Waals surface area contributed by atoms with Gasteiger partial charge in [0.25, 0.3) is 0 Å². The minimum atomic E-state index is -0.254. The molecule has 0 bridgehead atoms. The SMILES string of the molecule is COCCOc1ccccc1C(NN)C1(OC)CCCC1. The van der Waals surface area contributed by atoms with Crippen LogP contribution in [0.3, 0.4) is 0 Å². The van der Waals surface area contributed by atoms with Gasteiger partial charge in [0.1, 0.15) is 12.4 Å². The van der Waals surface area contributed by atoms with Crippen molar-refractivity contribution in [2.45, 2.75) is 37.3 Å². The van der Waals surface area contributed by atoms with Crippen LogP contribution in [0.5, 0.6) is 5.75 Å². The maximum atomic E-state index is 5.86. The fraction of sp³-hybridized carbons (Fsp3) is 0.625. The molecule has 2 rings (SSSR count). The third-order valence-electron chi connectivity index (χ3n) is 4.32. The molecule has 3 N–H and O–H groups in total. The van der Waals surface area contributed by atoms with Crippen molar-refractivity contribution in [3.05, 3.63) is 29.8 Å². The first kappa shape index (κ1) is 16.2. The van der Waals surface area contributed by atoms with E-state index >= 15 is 0 Å². The van der Waals surface area contributed by atoms with Crippen LogP contribution in [0.15, 0.2) is 24.3 Å². The normalized spacial score (nSPS) is 18.6. The summed E-state index contributed by atoms with van der Waals surface area (Å²) < 4.78 is 16.7. The molecular weight excluding hydrogens is 268 g/mol. The maximum Gasteiger partial charge on any atom is 0.124 e. The predicted octanol–water partition coefficient (Wildman–Crippen LogP) is 2.18. The third kappa shape index (κ3) is 3.55. The monoisotopic (exact) mass is 294 g/mol. The quantitative estimate of drug-likeness (QED) is 0.437. The zero-order valence-corrected chi connectivity index (χ0v) is 12.9. The van der Waals surface area contributed by atoms with Crippen molar-refractivity contribution in [3.8, 4) is 5.75 Å². The smallest absolute Gasteiger partial charge is 0.124 e. The Morgan fingerprint density at radius 1 is 1.19 bits per heavy atom. The Bertz CT molecular complexity index is 433. The van der Waals surface area contributed by atoms with E-state index in [0.29, 0.717) is 13.2 Å². The van der Waals surface area contributed by atoms with Crippen LogP contribution in [0.4, 0.5) is 0 Å². The molecule has 1 aromatic carbocycles. The molecule has 1 fully saturated rings. The summed E-state index contributed by atoms with van der Waals surface area (Å²) in [5.41, 5.74) is 3.73. The first-order chi connectivity index (χ1) is 10.3. The first-order valence-corrected chi connectivity index (χ1v) is 7.49. The third-order valence-corrected chi connectivity index (χ3v) is 4.32. The van der Waals surface area contributed by atoms with Crippen LogP contribution in [0.25, 0.3) is 0 Å². The van der Waals surface area contributed by atoms with E-state index in [9.17, 15) is 0 Å². The Morgan fingerprint density at radius 3 is 2.52 bits per heavy atom. The van der Waals surface area contributed by atoms with Crippen LogP contribution in [-0.4, -0.2) is 33.0 Å². The number of benzene rings is 1. The summed E-state index contributed by atoms with van der Waals surface area (Å²) in [7, 11) is 3.43. The number of methoxy groups -OCH3 is 2. The van der Waals surface area contributed by atoms with Gasteiger partial charge in [-0.05, 0) is 18.9 Å². The van der Waals surface area contributed by atoms with Gasteiger partial charge >= 0.3 is 0 Å². The molecule has 0 spiro atoms. The van der Waals surface area contributed by atoms with Crippen molar-refractivity contribution in [1.29, 1.82) is 0 Å². The van der Waals surface area contributed by atoms with Crippen LogP contribution in [0.1, 0.15) is 37.3 Å². The molecular formula is C16H26N2O3. The Kier molecular flexibility index (Phi) is 5.99. The molecule has 1 atom stereocenters. The van der Waals surface area contributed by atoms with Gasteiger partial charge in [0.2, 0.25) is 0 Å². The highest BCUT2D eigenvalue weighted by Gasteiger charge is 2.43. The molecule has 1 unspecified atom stereocenters. The standard InChI is InChI=1S/C16H26N2O3/c1-19-11-12-21-14-8-4-3-7-13(14)15(18-17)16(20-2)9-5-6-10-16/h3-4,7-8,15,18H,5-6,9-12,17H2,1-2H3. The lowest BCUT2D eigenvalue weighted by molar-refractivity contribution is -0.0375. The van der Waals surface area contributed by atoms with E-state index < -0.39 is 0 Å².